The molecular weight excluding hydrogens is 416 g/mol. The summed E-state index contributed by atoms with van der Waals surface area (Å²) in [6, 6.07) is 14.1. The van der Waals surface area contributed by atoms with Gasteiger partial charge in [-0.1, -0.05) is 35.6 Å². The van der Waals surface area contributed by atoms with Gasteiger partial charge in [0.05, 0.1) is 17.7 Å². The lowest BCUT2D eigenvalue weighted by molar-refractivity contribution is -0.384. The summed E-state index contributed by atoms with van der Waals surface area (Å²) < 4.78 is 6.99. The molecule has 2 heterocycles. The number of nitrogens with one attached hydrogen (secondary N) is 1. The molecule has 8 nitrogen and oxygen atoms in total. The molecule has 2 aromatic heterocycles. The second-order valence-corrected chi connectivity index (χ2v) is 7.93. The van der Waals surface area contributed by atoms with E-state index in [1.807, 2.05) is 35.6 Å². The fraction of sp³-hybridized carbons (Fsp3) is 0.182. The van der Waals surface area contributed by atoms with Gasteiger partial charge in [-0.2, -0.15) is 0 Å². The van der Waals surface area contributed by atoms with Crippen molar-refractivity contribution in [2.24, 2.45) is 0 Å². The van der Waals surface area contributed by atoms with Crippen molar-refractivity contribution in [2.75, 3.05) is 13.7 Å². The Hall–Kier alpha value is -3.72. The first-order valence-corrected chi connectivity index (χ1v) is 10.4. The largest absolute Gasteiger partial charge is 0.497 e. The number of thiazole rings is 1. The first-order chi connectivity index (χ1) is 15.0. The molecule has 4 rings (SSSR count). The lowest BCUT2D eigenvalue weighted by Crippen LogP contribution is -2.25. The number of ether oxygens (including phenoxy) is 1. The highest BCUT2D eigenvalue weighted by atomic mass is 32.1. The quantitative estimate of drug-likeness (QED) is 0.345. The summed E-state index contributed by atoms with van der Waals surface area (Å²) in [4.78, 5) is 29.1. The monoisotopic (exact) mass is 436 g/mol. The van der Waals surface area contributed by atoms with Crippen molar-refractivity contribution >= 4 is 27.9 Å². The molecule has 0 saturated heterocycles. The molecular formula is C22H20N4O4S. The van der Waals surface area contributed by atoms with E-state index >= 15 is 0 Å². The van der Waals surface area contributed by atoms with Crippen LogP contribution in [0.4, 0.5) is 5.69 Å². The number of rotatable bonds is 7. The maximum Gasteiger partial charge on any atom is 0.270 e. The molecule has 1 N–H and O–H groups in total. The molecule has 2 aromatic carbocycles. The Kier molecular flexibility index (Phi) is 5.68. The van der Waals surface area contributed by atoms with Gasteiger partial charge in [-0.05, 0) is 31.0 Å². The summed E-state index contributed by atoms with van der Waals surface area (Å²) >= 11 is 1.30. The number of carbonyl (C=O) groups is 1. The number of hydrogen-bond acceptors (Lipinski definition) is 6. The van der Waals surface area contributed by atoms with E-state index in [-0.39, 0.29) is 11.6 Å². The van der Waals surface area contributed by atoms with Crippen LogP contribution in [0.15, 0.2) is 54.7 Å². The molecule has 0 saturated carbocycles. The van der Waals surface area contributed by atoms with Crippen LogP contribution in [-0.2, 0) is 6.42 Å². The van der Waals surface area contributed by atoms with E-state index < -0.39 is 4.92 Å². The molecule has 0 fully saturated rings. The zero-order chi connectivity index (χ0) is 22.0. The minimum atomic E-state index is -0.429. The predicted octanol–water partition coefficient (Wildman–Crippen LogP) is 4.26. The first-order valence-electron chi connectivity index (χ1n) is 9.60. The predicted molar refractivity (Wildman–Crippen MR) is 119 cm³/mol. The molecule has 9 heteroatoms. The SMILES string of the molecule is COc1ccc(CCNC(=O)c2sc3nc(-c4cccc([N+](=O)[O-])c4)cn3c2C)cc1. The van der Waals surface area contributed by atoms with Crippen LogP contribution in [-0.4, -0.2) is 33.9 Å². The van der Waals surface area contributed by atoms with Gasteiger partial charge in [-0.25, -0.2) is 4.98 Å². The van der Waals surface area contributed by atoms with Gasteiger partial charge < -0.3 is 10.1 Å². The molecule has 4 aromatic rings. The molecule has 0 aliphatic carbocycles. The van der Waals surface area contributed by atoms with E-state index in [1.165, 1.54) is 23.5 Å². The Balaban J connectivity index is 1.46. The summed E-state index contributed by atoms with van der Waals surface area (Å²) in [5.41, 5.74) is 3.20. The number of hydrogen-bond donors (Lipinski definition) is 1. The number of nitrogens with zero attached hydrogens (tertiary/aromatic N) is 3. The average Bonchev–Trinajstić information content (AvgIpc) is 3.34. The Morgan fingerprint density at radius 3 is 2.71 bits per heavy atom. The van der Waals surface area contributed by atoms with Crippen molar-refractivity contribution in [3.05, 3.63) is 81.0 Å². The van der Waals surface area contributed by atoms with Crippen LogP contribution in [0.3, 0.4) is 0 Å². The van der Waals surface area contributed by atoms with Crippen LogP contribution in [0.5, 0.6) is 5.75 Å². The van der Waals surface area contributed by atoms with E-state index in [2.05, 4.69) is 10.3 Å². The fourth-order valence-electron chi connectivity index (χ4n) is 3.27. The lowest BCUT2D eigenvalue weighted by atomic mass is 10.1. The number of amides is 1. The number of nitro benzene ring substituents is 1. The van der Waals surface area contributed by atoms with E-state index in [4.69, 9.17) is 4.74 Å². The molecule has 0 bridgehead atoms. The number of aryl methyl sites for hydroxylation is 1. The second kappa shape index (κ2) is 8.57. The molecule has 158 valence electrons. The van der Waals surface area contributed by atoms with Crippen LogP contribution in [0, 0.1) is 17.0 Å². The maximum absolute atomic E-state index is 12.7. The summed E-state index contributed by atoms with van der Waals surface area (Å²) in [6.45, 7) is 2.38. The number of carbonyl (C=O) groups excluding carboxylic acids is 1. The van der Waals surface area contributed by atoms with Crippen LogP contribution < -0.4 is 10.1 Å². The third-order valence-electron chi connectivity index (χ3n) is 4.97. The van der Waals surface area contributed by atoms with Crippen molar-refractivity contribution in [3.8, 4) is 17.0 Å². The molecule has 0 spiro atoms. The van der Waals surface area contributed by atoms with Gasteiger partial charge in [-0.15, -0.1) is 0 Å². The van der Waals surface area contributed by atoms with Gasteiger partial charge in [0.1, 0.15) is 10.6 Å². The number of non-ortho nitro benzene ring substituents is 1. The molecule has 0 aliphatic heterocycles. The van der Waals surface area contributed by atoms with Crippen molar-refractivity contribution in [3.63, 3.8) is 0 Å². The molecule has 0 aliphatic rings. The standard InChI is InChI=1S/C22H20N4O4S/c1-14-20(21(27)23-11-10-15-6-8-18(30-2)9-7-15)31-22-24-19(13-25(14)22)16-4-3-5-17(12-16)26(28)29/h3-9,12-13H,10-11H2,1-2H3,(H,23,27). The summed E-state index contributed by atoms with van der Waals surface area (Å²) in [5, 5.41) is 14.0. The minimum absolute atomic E-state index is 0.0162. The molecule has 0 radical (unpaired) electrons. The molecule has 0 unspecified atom stereocenters. The molecule has 31 heavy (non-hydrogen) atoms. The van der Waals surface area contributed by atoms with E-state index in [1.54, 1.807) is 25.4 Å². The van der Waals surface area contributed by atoms with Crippen molar-refractivity contribution in [1.29, 1.82) is 0 Å². The lowest BCUT2D eigenvalue weighted by Gasteiger charge is -2.06. The summed E-state index contributed by atoms with van der Waals surface area (Å²) in [5.74, 6) is 0.660. The van der Waals surface area contributed by atoms with E-state index in [9.17, 15) is 14.9 Å². The number of nitro groups is 1. The molecule has 0 atom stereocenters. The zero-order valence-electron chi connectivity index (χ0n) is 17.0. The minimum Gasteiger partial charge on any atom is -0.497 e. The number of methoxy groups -OCH3 is 1. The Morgan fingerprint density at radius 1 is 1.26 bits per heavy atom. The van der Waals surface area contributed by atoms with Crippen molar-refractivity contribution < 1.29 is 14.5 Å². The highest BCUT2D eigenvalue weighted by Crippen LogP contribution is 2.28. The van der Waals surface area contributed by atoms with E-state index in [0.29, 0.717) is 34.1 Å². The normalized spacial score (nSPS) is 10.9. The highest BCUT2D eigenvalue weighted by Gasteiger charge is 2.18. The van der Waals surface area contributed by atoms with Gasteiger partial charge in [0.15, 0.2) is 4.96 Å². The van der Waals surface area contributed by atoms with Gasteiger partial charge in [0, 0.05) is 36.1 Å². The first kappa shape index (κ1) is 20.5. The second-order valence-electron chi connectivity index (χ2n) is 6.96. The summed E-state index contributed by atoms with van der Waals surface area (Å²) in [7, 11) is 1.63. The third-order valence-corrected chi connectivity index (χ3v) is 6.13. The maximum atomic E-state index is 12.7. The number of fused-ring (bicyclic) bond motifs is 1. The van der Waals surface area contributed by atoms with Crippen molar-refractivity contribution in [1.82, 2.24) is 14.7 Å². The van der Waals surface area contributed by atoms with Gasteiger partial charge in [0.2, 0.25) is 0 Å². The topological polar surface area (TPSA) is 98.8 Å². The van der Waals surface area contributed by atoms with Gasteiger partial charge in [0.25, 0.3) is 11.6 Å². The van der Waals surface area contributed by atoms with Crippen LogP contribution >= 0.6 is 11.3 Å². The number of imidazole rings is 1. The Morgan fingerprint density at radius 2 is 2.03 bits per heavy atom. The van der Waals surface area contributed by atoms with Crippen LogP contribution in [0.1, 0.15) is 20.9 Å². The van der Waals surface area contributed by atoms with Crippen molar-refractivity contribution in [2.45, 2.75) is 13.3 Å². The summed E-state index contributed by atoms with van der Waals surface area (Å²) in [6.07, 6.45) is 2.52. The molecule has 1 amide bonds. The highest BCUT2D eigenvalue weighted by molar-refractivity contribution is 7.19. The van der Waals surface area contributed by atoms with Gasteiger partial charge in [-0.3, -0.25) is 19.3 Å². The van der Waals surface area contributed by atoms with Gasteiger partial charge >= 0.3 is 0 Å². The Labute approximate surface area is 182 Å². The van der Waals surface area contributed by atoms with Crippen LogP contribution in [0.2, 0.25) is 0 Å². The zero-order valence-corrected chi connectivity index (χ0v) is 17.8. The smallest absolute Gasteiger partial charge is 0.270 e. The van der Waals surface area contributed by atoms with E-state index in [0.717, 1.165) is 17.0 Å². The van der Waals surface area contributed by atoms with Crippen LogP contribution in [0.25, 0.3) is 16.2 Å². The Bertz CT molecular complexity index is 1260. The third kappa shape index (κ3) is 4.26. The average molecular weight is 436 g/mol. The fourth-order valence-corrected chi connectivity index (χ4v) is 4.30. The number of aromatic nitrogens is 2. The number of benzene rings is 2.